The number of hydrogen-bond acceptors (Lipinski definition) is 3. The SMILES string of the molecule is Cc1c(C(=O)NC2CCNCC2C)cnn1C(C)(C)C. The van der Waals surface area contributed by atoms with E-state index in [4.69, 9.17) is 0 Å². The highest BCUT2D eigenvalue weighted by Crippen LogP contribution is 2.19. The Morgan fingerprint density at radius 1 is 1.50 bits per heavy atom. The van der Waals surface area contributed by atoms with E-state index in [1.165, 1.54) is 0 Å². The Morgan fingerprint density at radius 3 is 2.75 bits per heavy atom. The van der Waals surface area contributed by atoms with Crippen LogP contribution in [0.3, 0.4) is 0 Å². The highest BCUT2D eigenvalue weighted by Gasteiger charge is 2.26. The topological polar surface area (TPSA) is 59.0 Å². The van der Waals surface area contributed by atoms with Crippen LogP contribution in [-0.4, -0.2) is 34.8 Å². The van der Waals surface area contributed by atoms with Crippen LogP contribution in [0.2, 0.25) is 0 Å². The predicted octanol–water partition coefficient (Wildman–Crippen LogP) is 1.67. The third kappa shape index (κ3) is 3.03. The van der Waals surface area contributed by atoms with Gasteiger partial charge in [0.2, 0.25) is 0 Å². The molecular weight excluding hydrogens is 252 g/mol. The zero-order valence-electron chi connectivity index (χ0n) is 13.2. The maximum atomic E-state index is 12.4. The minimum atomic E-state index is -0.106. The normalized spacial score (nSPS) is 23.6. The lowest BCUT2D eigenvalue weighted by Gasteiger charge is -2.30. The minimum absolute atomic E-state index is 0.00301. The molecule has 2 atom stereocenters. The number of carbonyl (C=O) groups excluding carboxylic acids is 1. The third-order valence-corrected chi connectivity index (χ3v) is 3.99. The lowest BCUT2D eigenvalue weighted by Crippen LogP contribution is -2.48. The van der Waals surface area contributed by atoms with Crippen LogP contribution in [0.1, 0.15) is 50.2 Å². The molecule has 2 N–H and O–H groups in total. The van der Waals surface area contributed by atoms with Gasteiger partial charge in [-0.05, 0) is 53.1 Å². The number of amides is 1. The summed E-state index contributed by atoms with van der Waals surface area (Å²) in [5.74, 6) is 0.461. The Balaban J connectivity index is 2.12. The zero-order valence-corrected chi connectivity index (χ0v) is 13.2. The van der Waals surface area contributed by atoms with Crippen LogP contribution in [0.15, 0.2) is 6.20 Å². The monoisotopic (exact) mass is 278 g/mol. The first kappa shape index (κ1) is 15.0. The average molecular weight is 278 g/mol. The highest BCUT2D eigenvalue weighted by atomic mass is 16.1. The standard InChI is InChI=1S/C15H26N4O/c1-10-8-16-7-6-13(10)18-14(20)12-9-17-19(11(12)2)15(3,4)5/h9-10,13,16H,6-8H2,1-5H3,(H,18,20). The van der Waals surface area contributed by atoms with E-state index in [2.05, 4.69) is 43.4 Å². The van der Waals surface area contributed by atoms with E-state index < -0.39 is 0 Å². The van der Waals surface area contributed by atoms with Crippen molar-refractivity contribution in [3.05, 3.63) is 17.5 Å². The third-order valence-electron chi connectivity index (χ3n) is 3.99. The molecule has 112 valence electrons. The molecule has 2 rings (SSSR count). The first-order valence-electron chi connectivity index (χ1n) is 7.37. The van der Waals surface area contributed by atoms with Gasteiger partial charge in [0.25, 0.3) is 5.91 Å². The Bertz CT molecular complexity index is 487. The molecule has 0 aliphatic carbocycles. The second kappa shape index (κ2) is 5.56. The fourth-order valence-electron chi connectivity index (χ4n) is 2.78. The first-order valence-corrected chi connectivity index (χ1v) is 7.37. The molecule has 0 aromatic carbocycles. The summed E-state index contributed by atoms with van der Waals surface area (Å²) in [4.78, 5) is 12.4. The number of rotatable bonds is 2. The first-order chi connectivity index (χ1) is 9.30. The van der Waals surface area contributed by atoms with Gasteiger partial charge in [0.1, 0.15) is 0 Å². The Labute approximate surface area is 121 Å². The predicted molar refractivity (Wildman–Crippen MR) is 79.9 cm³/mol. The fraction of sp³-hybridized carbons (Fsp3) is 0.733. The molecule has 0 saturated carbocycles. The minimum Gasteiger partial charge on any atom is -0.349 e. The lowest BCUT2D eigenvalue weighted by molar-refractivity contribution is 0.0913. The average Bonchev–Trinajstić information content (AvgIpc) is 2.74. The molecule has 1 fully saturated rings. The summed E-state index contributed by atoms with van der Waals surface area (Å²) < 4.78 is 1.91. The second-order valence-electron chi connectivity index (χ2n) is 6.78. The van der Waals surface area contributed by atoms with Gasteiger partial charge in [0.05, 0.1) is 17.3 Å². The summed E-state index contributed by atoms with van der Waals surface area (Å²) >= 11 is 0. The van der Waals surface area contributed by atoms with E-state index >= 15 is 0 Å². The van der Waals surface area contributed by atoms with Crippen LogP contribution in [0.25, 0.3) is 0 Å². The summed E-state index contributed by atoms with van der Waals surface area (Å²) in [6.45, 7) is 12.3. The zero-order chi connectivity index (χ0) is 14.9. The smallest absolute Gasteiger partial charge is 0.254 e. The van der Waals surface area contributed by atoms with Crippen LogP contribution in [0.4, 0.5) is 0 Å². The number of hydrogen-bond donors (Lipinski definition) is 2. The van der Waals surface area contributed by atoms with Crippen molar-refractivity contribution < 1.29 is 4.79 Å². The molecule has 0 bridgehead atoms. The van der Waals surface area contributed by atoms with E-state index in [1.807, 2.05) is 11.6 Å². The van der Waals surface area contributed by atoms with Crippen molar-refractivity contribution in [1.29, 1.82) is 0 Å². The van der Waals surface area contributed by atoms with Crippen LogP contribution in [0, 0.1) is 12.8 Å². The van der Waals surface area contributed by atoms with Crippen molar-refractivity contribution in [2.75, 3.05) is 13.1 Å². The molecule has 1 aliphatic rings. The molecule has 1 saturated heterocycles. The van der Waals surface area contributed by atoms with Crippen LogP contribution < -0.4 is 10.6 Å². The van der Waals surface area contributed by atoms with Crippen molar-refractivity contribution in [3.8, 4) is 0 Å². The van der Waals surface area contributed by atoms with Crippen molar-refractivity contribution >= 4 is 5.91 Å². The van der Waals surface area contributed by atoms with Crippen LogP contribution in [0.5, 0.6) is 0 Å². The van der Waals surface area contributed by atoms with Gasteiger partial charge in [0.15, 0.2) is 0 Å². The number of nitrogens with one attached hydrogen (secondary N) is 2. The van der Waals surface area contributed by atoms with Crippen molar-refractivity contribution in [2.45, 2.75) is 52.6 Å². The molecule has 2 heterocycles. The molecule has 0 radical (unpaired) electrons. The largest absolute Gasteiger partial charge is 0.349 e. The fourth-order valence-corrected chi connectivity index (χ4v) is 2.78. The molecule has 1 aromatic heterocycles. The van der Waals surface area contributed by atoms with E-state index in [-0.39, 0.29) is 17.5 Å². The van der Waals surface area contributed by atoms with Crippen molar-refractivity contribution in [2.24, 2.45) is 5.92 Å². The van der Waals surface area contributed by atoms with Gasteiger partial charge < -0.3 is 10.6 Å². The van der Waals surface area contributed by atoms with E-state index in [9.17, 15) is 4.79 Å². The molecule has 0 spiro atoms. The van der Waals surface area contributed by atoms with Crippen molar-refractivity contribution in [1.82, 2.24) is 20.4 Å². The maximum absolute atomic E-state index is 12.4. The summed E-state index contributed by atoms with van der Waals surface area (Å²) in [6.07, 6.45) is 2.67. The summed E-state index contributed by atoms with van der Waals surface area (Å²) in [5, 5.41) is 10.9. The Morgan fingerprint density at radius 2 is 2.20 bits per heavy atom. The van der Waals surface area contributed by atoms with E-state index in [1.54, 1.807) is 6.20 Å². The van der Waals surface area contributed by atoms with Gasteiger partial charge in [-0.15, -0.1) is 0 Å². The number of nitrogens with zero attached hydrogens (tertiary/aromatic N) is 2. The summed E-state index contributed by atoms with van der Waals surface area (Å²) in [7, 11) is 0. The summed E-state index contributed by atoms with van der Waals surface area (Å²) in [6, 6.07) is 0.251. The Hall–Kier alpha value is -1.36. The molecule has 1 aromatic rings. The van der Waals surface area contributed by atoms with Gasteiger partial charge in [-0.2, -0.15) is 5.10 Å². The number of carbonyl (C=O) groups is 1. The number of piperidine rings is 1. The van der Waals surface area contributed by atoms with E-state index in [0.717, 1.165) is 25.2 Å². The van der Waals surface area contributed by atoms with Gasteiger partial charge in [-0.3, -0.25) is 9.48 Å². The van der Waals surface area contributed by atoms with Crippen LogP contribution >= 0.6 is 0 Å². The van der Waals surface area contributed by atoms with Gasteiger partial charge in [0, 0.05) is 11.7 Å². The molecule has 1 aliphatic heterocycles. The molecular formula is C15H26N4O. The Kier molecular flexibility index (Phi) is 4.18. The van der Waals surface area contributed by atoms with Gasteiger partial charge in [-0.25, -0.2) is 0 Å². The van der Waals surface area contributed by atoms with E-state index in [0.29, 0.717) is 11.5 Å². The van der Waals surface area contributed by atoms with Gasteiger partial charge in [-0.1, -0.05) is 6.92 Å². The van der Waals surface area contributed by atoms with Crippen molar-refractivity contribution in [3.63, 3.8) is 0 Å². The molecule has 5 heteroatoms. The maximum Gasteiger partial charge on any atom is 0.254 e. The highest BCUT2D eigenvalue weighted by molar-refractivity contribution is 5.95. The molecule has 20 heavy (non-hydrogen) atoms. The molecule has 2 unspecified atom stereocenters. The quantitative estimate of drug-likeness (QED) is 0.865. The van der Waals surface area contributed by atoms with Crippen LogP contribution in [-0.2, 0) is 5.54 Å². The van der Waals surface area contributed by atoms with Gasteiger partial charge >= 0.3 is 0 Å². The lowest BCUT2D eigenvalue weighted by atomic mass is 9.95. The second-order valence-corrected chi connectivity index (χ2v) is 6.78. The summed E-state index contributed by atoms with van der Waals surface area (Å²) in [5.41, 5.74) is 1.51. The molecule has 5 nitrogen and oxygen atoms in total. The number of aromatic nitrogens is 2. The molecule has 1 amide bonds.